The van der Waals surface area contributed by atoms with E-state index in [0.717, 1.165) is 16.2 Å². The van der Waals surface area contributed by atoms with Crippen molar-refractivity contribution in [1.29, 1.82) is 0 Å². The molecule has 1 aliphatic carbocycles. The maximum absolute atomic E-state index is 12.4. The van der Waals surface area contributed by atoms with Crippen molar-refractivity contribution in [2.24, 2.45) is 0 Å². The molecule has 0 bridgehead atoms. The topological polar surface area (TPSA) is 63.2 Å². The lowest BCUT2D eigenvalue weighted by molar-refractivity contribution is 0.0981. The molecule has 144 valence electrons. The smallest absolute Gasteiger partial charge is 0.264 e. The van der Waals surface area contributed by atoms with Crippen molar-refractivity contribution in [1.82, 2.24) is 4.72 Å². The number of amides is 1. The molecule has 6 heteroatoms. The van der Waals surface area contributed by atoms with E-state index < -0.39 is 21.2 Å². The first-order valence-corrected chi connectivity index (χ1v) is 11.6. The Kier molecular flexibility index (Phi) is 5.68. The van der Waals surface area contributed by atoms with Gasteiger partial charge in [0.05, 0.1) is 5.25 Å². The van der Waals surface area contributed by atoms with Crippen LogP contribution in [0.3, 0.4) is 0 Å². The lowest BCUT2D eigenvalue weighted by Gasteiger charge is -2.13. The standard InChI is InChI=1S/C21H25NO3S2/c1-13-9-15(3)19(16(4)10-13)12-26-20-11-17(6-5-14(20)2)21(23)22-27(24,25)18-7-8-18/h5-6,9-11,18H,7-8,12H2,1-4H3,(H,22,23). The number of hydrogen-bond donors (Lipinski definition) is 1. The monoisotopic (exact) mass is 403 g/mol. The Balaban J connectivity index is 1.77. The third-order valence-corrected chi connectivity index (χ3v) is 7.86. The first-order chi connectivity index (χ1) is 12.7. The zero-order valence-electron chi connectivity index (χ0n) is 16.1. The zero-order chi connectivity index (χ0) is 19.8. The first-order valence-electron chi connectivity index (χ1n) is 9.03. The van der Waals surface area contributed by atoms with Gasteiger partial charge in [-0.25, -0.2) is 13.1 Å². The van der Waals surface area contributed by atoms with Gasteiger partial charge in [-0.15, -0.1) is 11.8 Å². The zero-order valence-corrected chi connectivity index (χ0v) is 17.8. The highest BCUT2D eigenvalue weighted by Gasteiger charge is 2.37. The van der Waals surface area contributed by atoms with E-state index in [4.69, 9.17) is 0 Å². The number of benzene rings is 2. The SMILES string of the molecule is Cc1cc(C)c(CSc2cc(C(=O)NS(=O)(=O)C3CC3)ccc2C)c(C)c1. The van der Waals surface area contributed by atoms with Gasteiger partial charge < -0.3 is 0 Å². The van der Waals surface area contributed by atoms with Crippen LogP contribution in [0.4, 0.5) is 0 Å². The highest BCUT2D eigenvalue weighted by molar-refractivity contribution is 7.98. The van der Waals surface area contributed by atoms with Crippen LogP contribution in [0.1, 0.15) is 51.0 Å². The number of aryl methyl sites for hydroxylation is 4. The maximum atomic E-state index is 12.4. The summed E-state index contributed by atoms with van der Waals surface area (Å²) >= 11 is 1.67. The molecule has 1 aliphatic rings. The van der Waals surface area contributed by atoms with Crippen LogP contribution in [0.15, 0.2) is 35.2 Å². The molecule has 0 heterocycles. The summed E-state index contributed by atoms with van der Waals surface area (Å²) in [6.45, 7) is 8.34. The van der Waals surface area contributed by atoms with Crippen molar-refractivity contribution in [2.45, 2.75) is 56.4 Å². The average Bonchev–Trinajstić information content (AvgIpc) is 3.40. The molecule has 0 spiro atoms. The molecule has 1 saturated carbocycles. The summed E-state index contributed by atoms with van der Waals surface area (Å²) in [5, 5.41) is -0.409. The number of carbonyl (C=O) groups excluding carboxylic acids is 1. The van der Waals surface area contributed by atoms with Crippen molar-refractivity contribution in [3.05, 3.63) is 63.7 Å². The Labute approximate surface area is 165 Å². The second-order valence-electron chi connectivity index (χ2n) is 7.32. The molecule has 0 aliphatic heterocycles. The van der Waals surface area contributed by atoms with Crippen LogP contribution in [0.2, 0.25) is 0 Å². The summed E-state index contributed by atoms with van der Waals surface area (Å²) in [6.07, 6.45) is 1.26. The molecule has 0 aromatic heterocycles. The van der Waals surface area contributed by atoms with Crippen molar-refractivity contribution >= 4 is 27.7 Å². The molecule has 2 aromatic rings. The number of thioether (sulfide) groups is 1. The average molecular weight is 404 g/mol. The predicted molar refractivity (Wildman–Crippen MR) is 111 cm³/mol. The number of nitrogens with one attached hydrogen (secondary N) is 1. The molecule has 27 heavy (non-hydrogen) atoms. The van der Waals surface area contributed by atoms with Gasteiger partial charge in [-0.05, 0) is 74.9 Å². The minimum Gasteiger partial charge on any atom is -0.268 e. The fourth-order valence-electron chi connectivity index (χ4n) is 3.13. The third kappa shape index (κ3) is 4.74. The first kappa shape index (κ1) is 20.0. The van der Waals surface area contributed by atoms with Gasteiger partial charge in [-0.1, -0.05) is 23.8 Å². The third-order valence-electron chi connectivity index (χ3n) is 4.86. The van der Waals surface area contributed by atoms with Crippen LogP contribution < -0.4 is 4.72 Å². The summed E-state index contributed by atoms with van der Waals surface area (Å²) < 4.78 is 26.2. The van der Waals surface area contributed by atoms with Crippen LogP contribution >= 0.6 is 11.8 Å². The van der Waals surface area contributed by atoms with Crippen LogP contribution in [0.5, 0.6) is 0 Å². The lowest BCUT2D eigenvalue weighted by Crippen LogP contribution is -2.33. The van der Waals surface area contributed by atoms with Gasteiger partial charge in [0.15, 0.2) is 0 Å². The summed E-state index contributed by atoms with van der Waals surface area (Å²) in [7, 11) is -3.53. The largest absolute Gasteiger partial charge is 0.268 e. The summed E-state index contributed by atoms with van der Waals surface area (Å²) in [5.74, 6) is 0.260. The van der Waals surface area contributed by atoms with Crippen molar-refractivity contribution in [2.75, 3.05) is 0 Å². The van der Waals surface area contributed by atoms with Crippen LogP contribution in [0, 0.1) is 27.7 Å². The van der Waals surface area contributed by atoms with E-state index in [-0.39, 0.29) is 0 Å². The van der Waals surface area contributed by atoms with E-state index in [1.807, 2.05) is 13.0 Å². The highest BCUT2D eigenvalue weighted by Crippen LogP contribution is 2.31. The number of sulfonamides is 1. The van der Waals surface area contributed by atoms with E-state index in [9.17, 15) is 13.2 Å². The van der Waals surface area contributed by atoms with E-state index in [2.05, 4.69) is 37.6 Å². The fraction of sp³-hybridized carbons (Fsp3) is 0.381. The van der Waals surface area contributed by atoms with Crippen molar-refractivity contribution in [3.63, 3.8) is 0 Å². The molecular formula is C21H25NO3S2. The molecule has 1 fully saturated rings. The minimum atomic E-state index is -3.53. The lowest BCUT2D eigenvalue weighted by atomic mass is 10.0. The number of hydrogen-bond acceptors (Lipinski definition) is 4. The predicted octanol–water partition coefficient (Wildman–Crippen LogP) is 4.43. The molecule has 0 radical (unpaired) electrons. The fourth-order valence-corrected chi connectivity index (χ4v) is 5.69. The van der Waals surface area contributed by atoms with E-state index in [0.29, 0.717) is 18.4 Å². The van der Waals surface area contributed by atoms with Gasteiger partial charge in [0.1, 0.15) is 0 Å². The Morgan fingerprint density at radius 2 is 1.67 bits per heavy atom. The molecule has 1 amide bonds. The van der Waals surface area contributed by atoms with Crippen molar-refractivity contribution < 1.29 is 13.2 Å². The second-order valence-corrected chi connectivity index (χ2v) is 10.3. The Morgan fingerprint density at radius 1 is 1.04 bits per heavy atom. The molecule has 0 atom stereocenters. The molecular weight excluding hydrogens is 378 g/mol. The van der Waals surface area contributed by atoms with Gasteiger partial charge in [0, 0.05) is 16.2 Å². The van der Waals surface area contributed by atoms with Gasteiger partial charge in [0.2, 0.25) is 10.0 Å². The molecule has 4 nitrogen and oxygen atoms in total. The highest BCUT2D eigenvalue weighted by atomic mass is 32.2. The molecule has 1 N–H and O–H groups in total. The quantitative estimate of drug-likeness (QED) is 0.725. The summed E-state index contributed by atoms with van der Waals surface area (Å²) in [6, 6.07) is 9.71. The molecule has 2 aromatic carbocycles. The van der Waals surface area contributed by atoms with Gasteiger partial charge in [-0.2, -0.15) is 0 Å². The summed E-state index contributed by atoms with van der Waals surface area (Å²) in [5.41, 5.74) is 6.54. The Morgan fingerprint density at radius 3 is 2.26 bits per heavy atom. The van der Waals surface area contributed by atoms with Crippen LogP contribution in [-0.2, 0) is 15.8 Å². The molecule has 3 rings (SSSR count). The van der Waals surface area contributed by atoms with Gasteiger partial charge in [-0.3, -0.25) is 4.79 Å². The van der Waals surface area contributed by atoms with Crippen LogP contribution in [0.25, 0.3) is 0 Å². The summed E-state index contributed by atoms with van der Waals surface area (Å²) in [4.78, 5) is 13.4. The molecule has 0 unspecified atom stereocenters. The Hall–Kier alpha value is -1.79. The van der Waals surface area contributed by atoms with E-state index >= 15 is 0 Å². The van der Waals surface area contributed by atoms with Crippen LogP contribution in [-0.4, -0.2) is 19.6 Å². The molecule has 0 saturated heterocycles. The van der Waals surface area contributed by atoms with Gasteiger partial charge >= 0.3 is 0 Å². The number of rotatable bonds is 6. The van der Waals surface area contributed by atoms with E-state index in [1.165, 1.54) is 22.3 Å². The maximum Gasteiger partial charge on any atom is 0.264 e. The second kappa shape index (κ2) is 7.68. The minimum absolute atomic E-state index is 0.379. The normalized spacial score (nSPS) is 14.2. The van der Waals surface area contributed by atoms with Gasteiger partial charge in [0.25, 0.3) is 5.91 Å². The van der Waals surface area contributed by atoms with Crippen molar-refractivity contribution in [3.8, 4) is 0 Å². The Bertz CT molecular complexity index is 969. The van der Waals surface area contributed by atoms with E-state index in [1.54, 1.807) is 23.9 Å². The number of carbonyl (C=O) groups is 1.